The van der Waals surface area contributed by atoms with E-state index >= 15 is 0 Å². The number of ether oxygens (including phenoxy) is 7. The van der Waals surface area contributed by atoms with Crippen LogP contribution in [0, 0.1) is 5.92 Å². The van der Waals surface area contributed by atoms with Crippen molar-refractivity contribution in [2.24, 2.45) is 40.9 Å². The molecule has 0 amide bonds. The van der Waals surface area contributed by atoms with Gasteiger partial charge in [-0.3, -0.25) is 0 Å². The number of carboxylic acid groups (broad SMARTS) is 2. The summed E-state index contributed by atoms with van der Waals surface area (Å²) in [4.78, 5) is 58.0. The van der Waals surface area contributed by atoms with E-state index in [2.05, 4.69) is 54.1 Å². The number of hydrogen-bond donors (Lipinski definition) is 21. The summed E-state index contributed by atoms with van der Waals surface area (Å²) >= 11 is 14.2. The largest absolute Gasteiger partial charge is 0.508 e. The van der Waals surface area contributed by atoms with Crippen molar-refractivity contribution in [3.8, 4) is 80.1 Å². The standard InChI is InChI=1S/C83H88Cl2N8O29/c1-33(2)10-8-6-4-5-7-9-11-56(99)88-65-68(102)70(104)73(81(114)115)122-82(65)121-72-53-26-38-27-54(72)118-50-21-16-37(24-45(50)84)66(100)64-79(111)92-63(80(112)113)43-28-39(95)29-52(119-83-71(105)69(103)67(101)55(32-94)120-83)57(43)42-23-35(14-19-47(42)96)60(76(108)93-64)89-77(109)61(38)90-78(110)62-44-30-41(31-49(98)58(44)85)117-51-25-36(15-20-48(51)97)59(86-3)75(107)87-46(74(106)91-62)22-34-12-17-40(116-53)18-13-34/h12-21,23-31,33,46,55,59-71,73,82-83,86,94-98,100-105H,4-11,22,32H2,1-3H3,(H,87,107)(H,88,99)(H,89,109)(H,90,110)(H,91,106)(H,92,111)(H,93,108)(H,112,113)(H,114,115)/t46-,55?,59-,60-,61-,62+,63+,64+,65?,66-,67?,68?,69?,70?,71?,73?,82?,83?/m1/s1. The van der Waals surface area contributed by atoms with Gasteiger partial charge in [-0.2, -0.15) is 0 Å². The van der Waals surface area contributed by atoms with Gasteiger partial charge in [0.1, 0.15) is 101 Å². The van der Waals surface area contributed by atoms with Crippen LogP contribution < -0.4 is 29.0 Å². The maximum Gasteiger partial charge on any atom is 0.335 e. The average molecular weight is 1730 g/mol. The van der Waals surface area contributed by atoms with Crippen LogP contribution in [0.1, 0.15) is 140 Å². The van der Waals surface area contributed by atoms with E-state index in [1.165, 1.54) is 49.5 Å². The van der Waals surface area contributed by atoms with Crippen LogP contribution in [0.4, 0.5) is 0 Å². The first-order valence-corrected chi connectivity index (χ1v) is 39.4. The van der Waals surface area contributed by atoms with Crippen LogP contribution >= 0.6 is 23.2 Å². The molecule has 7 aromatic carbocycles. The van der Waals surface area contributed by atoms with Gasteiger partial charge in [-0.25, -0.2) is 44.5 Å². The molecule has 122 heavy (non-hydrogen) atoms. The van der Waals surface area contributed by atoms with E-state index in [0.29, 0.717) is 24.3 Å². The minimum absolute atomic E-state index is 0.0866. The number of aliphatic carboxylic acids is 2. The maximum absolute atomic E-state index is 13.9. The Hall–Kier alpha value is -11.9. The summed E-state index contributed by atoms with van der Waals surface area (Å²) in [5, 5.41) is 239. The number of fused-ring (bicyclic) bond motifs is 12. The lowest BCUT2D eigenvalue weighted by atomic mass is 9.90. The van der Waals surface area contributed by atoms with Crippen LogP contribution in [-0.4, -0.2) is 242 Å². The van der Waals surface area contributed by atoms with Gasteiger partial charge in [0.05, 0.1) is 16.7 Å². The van der Waals surface area contributed by atoms with Crippen LogP contribution in [0.15, 0.2) is 150 Å². The SMILES string of the molecule is CN[C@H]1C(O)=N[C@@H]2Cc3ccc(cc3)Oc3cc4cc(c3OC3OC(C(=O)O)C(O)C(O)C3N=C(O)CCCCCCCCC(C)C)Oc3ccc(cc3Cl)[C@@H](O)[C@@H]3N=C(O)[C@H](N=C(O)[C@@H]4N=C(O)[C@@H](N=C2O)c2cc(cc(O)c2Cl)Oc2cc1ccc2O)c1ccc(O)c(c1)-c1c(OC2OC(CO)C(O)C(O)C2O)cc(O)cc1[C@@H](C(=O)O)N=C3O. The fraction of sp³-hybridized carbons (Fsp3) is 0.386. The molecule has 8 aliphatic rings. The monoisotopic (exact) mass is 1730 g/mol. The van der Waals surface area contributed by atoms with E-state index < -0.39 is 265 Å². The number of aliphatic imine (C=N–C) groups is 7. The number of aliphatic hydroxyl groups excluding tert-OH is 14. The molecule has 2 fully saturated rings. The first kappa shape index (κ1) is 88.0. The number of aromatic hydroxyl groups is 4. The highest BCUT2D eigenvalue weighted by molar-refractivity contribution is 6.33. The van der Waals surface area contributed by atoms with E-state index in [1.54, 1.807) is 0 Å². The van der Waals surface area contributed by atoms with Gasteiger partial charge in [0.25, 0.3) is 0 Å². The third-order valence-corrected chi connectivity index (χ3v) is 21.9. The summed E-state index contributed by atoms with van der Waals surface area (Å²) < 4.78 is 44.1. The Labute approximate surface area is 703 Å². The van der Waals surface area contributed by atoms with Crippen molar-refractivity contribution < 1.29 is 145 Å². The van der Waals surface area contributed by atoms with E-state index in [-0.39, 0.29) is 41.2 Å². The maximum atomic E-state index is 13.9. The minimum Gasteiger partial charge on any atom is -0.508 e. The number of phenolic OH excluding ortho intramolecular Hbond substituents is 4. The third-order valence-electron chi connectivity index (χ3n) is 21.2. The van der Waals surface area contributed by atoms with Crippen molar-refractivity contribution >= 4 is 76.4 Å². The topological polar surface area (TPSA) is 602 Å². The Bertz CT molecular complexity index is 5320. The molecule has 0 aromatic heterocycles. The second kappa shape index (κ2) is 37.2. The number of carboxylic acids is 2. The summed E-state index contributed by atoms with van der Waals surface area (Å²) in [5.74, 6) is -17.7. The molecule has 18 atom stereocenters. The molecule has 10 unspecified atom stereocenters. The summed E-state index contributed by atoms with van der Waals surface area (Å²) in [5.41, 5.74) is -3.04. The molecule has 39 heteroatoms. The van der Waals surface area contributed by atoms with Gasteiger partial charge >= 0.3 is 11.9 Å². The number of carbonyl (C=O) groups is 2. The Morgan fingerprint density at radius 2 is 1.17 bits per heavy atom. The second-order valence-corrected chi connectivity index (χ2v) is 31.0. The van der Waals surface area contributed by atoms with E-state index in [0.717, 1.165) is 105 Å². The molecule has 7 aromatic rings. The van der Waals surface area contributed by atoms with Crippen molar-refractivity contribution in [2.75, 3.05) is 13.7 Å². The highest BCUT2D eigenvalue weighted by Gasteiger charge is 2.51. The van der Waals surface area contributed by atoms with Gasteiger partial charge in [0.15, 0.2) is 65.2 Å². The Kier molecular flexibility index (Phi) is 26.8. The number of rotatable bonds is 18. The first-order chi connectivity index (χ1) is 58.2. The zero-order chi connectivity index (χ0) is 87.6. The summed E-state index contributed by atoms with van der Waals surface area (Å²) in [6.07, 6.45) is -16.0. The number of aliphatic hydroxyl groups is 14. The van der Waals surface area contributed by atoms with E-state index in [1.807, 2.05) is 0 Å². The Morgan fingerprint density at radius 3 is 1.86 bits per heavy atom. The van der Waals surface area contributed by atoms with Crippen LogP contribution in [0.5, 0.6) is 69.0 Å². The average Bonchev–Trinajstić information content (AvgIpc) is 0.760. The third kappa shape index (κ3) is 18.9. The Morgan fingerprint density at radius 1 is 0.533 bits per heavy atom. The highest BCUT2D eigenvalue weighted by Crippen LogP contribution is 2.52. The van der Waals surface area contributed by atoms with E-state index in [9.17, 15) is 112 Å². The lowest BCUT2D eigenvalue weighted by molar-refractivity contribution is -0.277. The number of nitrogens with one attached hydrogen (secondary N) is 1. The predicted molar refractivity (Wildman–Crippen MR) is 437 cm³/mol. The smallest absolute Gasteiger partial charge is 0.335 e. The number of hydrogen-bond acceptors (Lipinski definition) is 28. The minimum atomic E-state index is -2.49. The second-order valence-electron chi connectivity index (χ2n) is 30.2. The van der Waals surface area contributed by atoms with Crippen LogP contribution in [-0.2, 0) is 25.5 Å². The predicted octanol–water partition coefficient (Wildman–Crippen LogP) is 10.1. The van der Waals surface area contributed by atoms with Crippen LogP contribution in [0.3, 0.4) is 0 Å². The summed E-state index contributed by atoms with van der Waals surface area (Å²) in [6, 6.07) is 5.00. The number of nitrogens with zero attached hydrogens (tertiary/aromatic N) is 7. The molecule has 15 rings (SSSR count). The number of phenols is 4. The lowest BCUT2D eigenvalue weighted by Crippen LogP contribution is -2.60. The van der Waals surface area contributed by atoms with Gasteiger partial charge in [-0.05, 0) is 120 Å². The lowest BCUT2D eigenvalue weighted by Gasteiger charge is -2.39. The Balaban J connectivity index is 1.09. The molecular weight excluding hydrogens is 1640 g/mol. The molecule has 0 spiro atoms. The quantitative estimate of drug-likeness (QED) is 0.0216. The van der Waals surface area contributed by atoms with Crippen LogP contribution in [0.25, 0.3) is 11.1 Å². The number of benzene rings is 7. The van der Waals surface area contributed by atoms with Crippen molar-refractivity contribution in [2.45, 2.75) is 181 Å². The van der Waals surface area contributed by atoms with Crippen molar-refractivity contribution in [1.82, 2.24) is 5.32 Å². The fourth-order valence-electron chi connectivity index (χ4n) is 14.8. The van der Waals surface area contributed by atoms with Gasteiger partial charge in [-0.15, -0.1) is 0 Å². The normalized spacial score (nSPS) is 26.7. The van der Waals surface area contributed by atoms with Crippen molar-refractivity contribution in [3.63, 3.8) is 0 Å². The molecule has 648 valence electrons. The van der Waals surface area contributed by atoms with Crippen molar-refractivity contribution in [3.05, 3.63) is 164 Å². The molecule has 8 heterocycles. The highest BCUT2D eigenvalue weighted by atomic mass is 35.5. The van der Waals surface area contributed by atoms with Gasteiger partial charge in [0, 0.05) is 47.2 Å². The zero-order valence-electron chi connectivity index (χ0n) is 65.0. The molecule has 2 saturated heterocycles. The molecule has 0 aliphatic carbocycles. The molecule has 0 radical (unpaired) electrons. The molecule has 8 aliphatic heterocycles. The van der Waals surface area contributed by atoms with Gasteiger partial charge in [0.2, 0.25) is 53.7 Å². The summed E-state index contributed by atoms with van der Waals surface area (Å²) in [7, 11) is 1.46. The number of unbranched alkanes of at least 4 members (excludes halogenated alkanes) is 5. The number of likely N-dealkylation sites (N-methyl/N-ethyl adjacent to an activating group) is 1. The fourth-order valence-corrected chi connectivity index (χ4v) is 15.3. The van der Waals surface area contributed by atoms with Gasteiger partial charge in [-0.1, -0.05) is 106 Å². The van der Waals surface area contributed by atoms with Crippen molar-refractivity contribution in [1.29, 1.82) is 0 Å². The first-order valence-electron chi connectivity index (χ1n) is 38.6. The number of halogens is 2. The van der Waals surface area contributed by atoms with Gasteiger partial charge < -0.3 is 141 Å². The molecule has 21 N–H and O–H groups in total. The molecule has 37 nitrogen and oxygen atoms in total. The van der Waals surface area contributed by atoms with Crippen LogP contribution in [0.2, 0.25) is 10.0 Å². The molecular formula is C83H88Cl2N8O29. The zero-order valence-corrected chi connectivity index (χ0v) is 66.5. The molecule has 17 bridgehead atoms. The molecule has 0 saturated carbocycles. The van der Waals surface area contributed by atoms with E-state index in [4.69, 9.17) is 56.4 Å². The summed E-state index contributed by atoms with van der Waals surface area (Å²) in [6.45, 7) is 3.29.